The molecule has 0 atom stereocenters. The van der Waals surface area contributed by atoms with Gasteiger partial charge >= 0.3 is 0 Å². The van der Waals surface area contributed by atoms with E-state index in [9.17, 15) is 0 Å². The molecular weight excluding hydrogens is 248 g/mol. The van der Waals surface area contributed by atoms with E-state index in [2.05, 4.69) is 24.3 Å². The van der Waals surface area contributed by atoms with E-state index in [-0.39, 0.29) is 0 Å². The Labute approximate surface area is 125 Å². The third-order valence-electron chi connectivity index (χ3n) is 3.75. The molecule has 108 valence electrons. The summed E-state index contributed by atoms with van der Waals surface area (Å²) in [6.07, 6.45) is 26.2. The summed E-state index contributed by atoms with van der Waals surface area (Å²) < 4.78 is 0. The first-order chi connectivity index (χ1) is 9.39. The highest BCUT2D eigenvalue weighted by atomic mass is 32.1. The summed E-state index contributed by atoms with van der Waals surface area (Å²) in [5.41, 5.74) is 0. The Hall–Kier alpha value is -0.430. The molecule has 0 amide bonds. The number of rotatable bonds is 0. The molecule has 0 saturated heterocycles. The molecule has 0 aromatic rings. The molecule has 1 aliphatic carbocycles. The van der Waals surface area contributed by atoms with Crippen molar-refractivity contribution in [1.29, 1.82) is 0 Å². The first-order valence-corrected chi connectivity index (χ1v) is 8.62. The highest BCUT2D eigenvalue weighted by Crippen LogP contribution is 2.11. The van der Waals surface area contributed by atoms with Crippen LogP contribution < -0.4 is 0 Å². The minimum atomic E-state index is 1.03. The van der Waals surface area contributed by atoms with Crippen LogP contribution >= 0.6 is 12.2 Å². The topological polar surface area (TPSA) is 0 Å². The van der Waals surface area contributed by atoms with Gasteiger partial charge in [0, 0.05) is 0 Å². The fraction of sp³-hybridized carbons (Fsp3) is 0.722. The van der Waals surface area contributed by atoms with Gasteiger partial charge in [-0.15, -0.1) is 0 Å². The summed E-state index contributed by atoms with van der Waals surface area (Å²) in [4.78, 5) is 1.25. The molecule has 0 unspecified atom stereocenters. The lowest BCUT2D eigenvalue weighted by Gasteiger charge is -2.02. The van der Waals surface area contributed by atoms with Gasteiger partial charge < -0.3 is 0 Å². The zero-order valence-corrected chi connectivity index (χ0v) is 13.2. The van der Waals surface area contributed by atoms with Crippen molar-refractivity contribution in [2.45, 2.75) is 83.5 Å². The van der Waals surface area contributed by atoms with Gasteiger partial charge in [0.05, 0.1) is 0 Å². The minimum Gasteiger partial charge on any atom is -0.0894 e. The smallest absolute Gasteiger partial charge is 0.00335 e. The van der Waals surface area contributed by atoms with E-state index in [0.717, 1.165) is 12.8 Å². The summed E-state index contributed by atoms with van der Waals surface area (Å²) in [5, 5.41) is 0. The highest BCUT2D eigenvalue weighted by Gasteiger charge is 1.96. The maximum atomic E-state index is 5.42. The van der Waals surface area contributed by atoms with Crippen molar-refractivity contribution >= 4 is 17.1 Å². The summed E-state index contributed by atoms with van der Waals surface area (Å²) in [6, 6.07) is 0. The maximum Gasteiger partial charge on any atom is -0.00335 e. The summed E-state index contributed by atoms with van der Waals surface area (Å²) in [7, 11) is 0. The Morgan fingerprint density at radius 1 is 0.579 bits per heavy atom. The van der Waals surface area contributed by atoms with Crippen LogP contribution in [0.2, 0.25) is 0 Å². The number of allylic oxidation sites excluding steroid dienone is 4. The average molecular weight is 279 g/mol. The number of hydrogen-bond donors (Lipinski definition) is 0. The molecule has 1 aliphatic rings. The molecule has 0 heterocycles. The van der Waals surface area contributed by atoms with Gasteiger partial charge in [-0.3, -0.25) is 0 Å². The van der Waals surface area contributed by atoms with Gasteiger partial charge in [0.15, 0.2) is 0 Å². The van der Waals surface area contributed by atoms with Crippen LogP contribution in [0.15, 0.2) is 24.3 Å². The molecule has 0 aromatic heterocycles. The molecule has 0 nitrogen and oxygen atoms in total. The lowest BCUT2D eigenvalue weighted by Crippen LogP contribution is -1.92. The Kier molecular flexibility index (Phi) is 11.0. The quantitative estimate of drug-likeness (QED) is 0.357. The Morgan fingerprint density at radius 3 is 1.63 bits per heavy atom. The molecule has 0 N–H and O–H groups in total. The van der Waals surface area contributed by atoms with Crippen LogP contribution in [0, 0.1) is 0 Å². The number of hydrogen-bond acceptors (Lipinski definition) is 1. The summed E-state index contributed by atoms with van der Waals surface area (Å²) >= 11 is 5.42. The predicted octanol–water partition coefficient (Wildman–Crippen LogP) is 6.55. The largest absolute Gasteiger partial charge is 0.0894 e. The van der Waals surface area contributed by atoms with Crippen LogP contribution in [0.1, 0.15) is 83.5 Å². The molecule has 0 aliphatic heterocycles. The Bertz CT molecular complexity index is 275. The van der Waals surface area contributed by atoms with Crippen LogP contribution in [-0.2, 0) is 0 Å². The zero-order chi connectivity index (χ0) is 13.6. The van der Waals surface area contributed by atoms with Crippen LogP contribution in [-0.4, -0.2) is 4.86 Å². The minimum absolute atomic E-state index is 1.03. The van der Waals surface area contributed by atoms with Crippen molar-refractivity contribution in [3.8, 4) is 0 Å². The third-order valence-corrected chi connectivity index (χ3v) is 4.12. The van der Waals surface area contributed by atoms with Gasteiger partial charge in [-0.05, 0) is 62.7 Å². The van der Waals surface area contributed by atoms with Gasteiger partial charge in [0.2, 0.25) is 0 Å². The van der Waals surface area contributed by atoms with Gasteiger partial charge in [-0.1, -0.05) is 62.2 Å². The lowest BCUT2D eigenvalue weighted by molar-refractivity contribution is 0.646. The van der Waals surface area contributed by atoms with E-state index in [1.807, 2.05) is 0 Å². The standard InChI is InChI=1S/C18H30S/c19-18-16-14-12-10-8-6-4-2-1-3-5-7-9-11-13-15-17-18/h2,4,13,15H,1,3,5-12,14,16-17H2/b4-2+,15-13-. The molecule has 1 heteroatoms. The molecule has 1 rings (SSSR count). The molecule has 19 heavy (non-hydrogen) atoms. The molecule has 0 bridgehead atoms. The average Bonchev–Trinajstić information content (AvgIpc) is 2.41. The van der Waals surface area contributed by atoms with Gasteiger partial charge in [-0.2, -0.15) is 0 Å². The predicted molar refractivity (Wildman–Crippen MR) is 90.9 cm³/mol. The van der Waals surface area contributed by atoms with E-state index < -0.39 is 0 Å². The van der Waals surface area contributed by atoms with Crippen molar-refractivity contribution in [1.82, 2.24) is 0 Å². The Balaban J connectivity index is 2.22. The molecule has 0 spiro atoms. The van der Waals surface area contributed by atoms with Crippen LogP contribution in [0.3, 0.4) is 0 Å². The molecule has 0 fully saturated rings. The zero-order valence-electron chi connectivity index (χ0n) is 12.4. The fourth-order valence-corrected chi connectivity index (χ4v) is 2.73. The van der Waals surface area contributed by atoms with E-state index >= 15 is 0 Å². The van der Waals surface area contributed by atoms with Crippen molar-refractivity contribution in [2.75, 3.05) is 0 Å². The highest BCUT2D eigenvalue weighted by molar-refractivity contribution is 7.80. The van der Waals surface area contributed by atoms with Crippen LogP contribution in [0.25, 0.3) is 0 Å². The Morgan fingerprint density at radius 2 is 1.05 bits per heavy atom. The van der Waals surface area contributed by atoms with Crippen molar-refractivity contribution in [3.63, 3.8) is 0 Å². The normalized spacial score (nSPS) is 25.2. The van der Waals surface area contributed by atoms with Crippen molar-refractivity contribution < 1.29 is 0 Å². The monoisotopic (exact) mass is 278 g/mol. The fourth-order valence-electron chi connectivity index (χ4n) is 2.49. The van der Waals surface area contributed by atoms with E-state index in [0.29, 0.717) is 0 Å². The number of thiocarbonyl (C=S) groups is 1. The van der Waals surface area contributed by atoms with E-state index in [4.69, 9.17) is 12.2 Å². The molecule has 0 aromatic carbocycles. The first-order valence-electron chi connectivity index (χ1n) is 8.21. The van der Waals surface area contributed by atoms with Crippen LogP contribution in [0.4, 0.5) is 0 Å². The second kappa shape index (κ2) is 12.6. The lowest BCUT2D eigenvalue weighted by atomic mass is 10.1. The van der Waals surface area contributed by atoms with Crippen LogP contribution in [0.5, 0.6) is 0 Å². The molecule has 0 saturated carbocycles. The van der Waals surface area contributed by atoms with Gasteiger partial charge in [-0.25, -0.2) is 0 Å². The molecule has 0 radical (unpaired) electrons. The van der Waals surface area contributed by atoms with Crippen molar-refractivity contribution in [3.05, 3.63) is 24.3 Å². The summed E-state index contributed by atoms with van der Waals surface area (Å²) in [6.45, 7) is 0. The maximum absolute atomic E-state index is 5.42. The molecular formula is C18H30S. The second-order valence-electron chi connectivity index (χ2n) is 5.63. The van der Waals surface area contributed by atoms with Gasteiger partial charge in [0.1, 0.15) is 0 Å². The van der Waals surface area contributed by atoms with E-state index in [1.54, 1.807) is 0 Å². The van der Waals surface area contributed by atoms with E-state index in [1.165, 1.54) is 75.5 Å². The van der Waals surface area contributed by atoms with Crippen molar-refractivity contribution in [2.24, 2.45) is 0 Å². The third kappa shape index (κ3) is 11.1. The summed E-state index contributed by atoms with van der Waals surface area (Å²) in [5.74, 6) is 0. The first kappa shape index (κ1) is 16.6. The van der Waals surface area contributed by atoms with Gasteiger partial charge in [0.25, 0.3) is 0 Å². The second-order valence-corrected chi connectivity index (χ2v) is 6.21. The SMILES string of the molecule is S=C1C/C=C\CCCCCC/C=C/CCCCCC1.